The molecule has 1 aromatic carbocycles. The lowest BCUT2D eigenvalue weighted by Gasteiger charge is -2.38. The van der Waals surface area contributed by atoms with E-state index in [0.29, 0.717) is 0 Å². The monoisotopic (exact) mass is 222 g/mol. The van der Waals surface area contributed by atoms with Crippen molar-refractivity contribution in [3.8, 4) is 0 Å². The molecule has 0 saturated heterocycles. The minimum Gasteiger partial charge on any atom is -0.376 e. The van der Waals surface area contributed by atoms with Crippen LogP contribution < -0.4 is 11.3 Å². The molecular formula is C13H22N2O. The zero-order valence-electron chi connectivity index (χ0n) is 10.4. The molecule has 0 aromatic heterocycles. The highest BCUT2D eigenvalue weighted by Crippen LogP contribution is 2.34. The van der Waals surface area contributed by atoms with Crippen LogP contribution in [0.1, 0.15) is 38.3 Å². The molecule has 0 radical (unpaired) electrons. The Bertz CT molecular complexity index is 288. The highest BCUT2D eigenvalue weighted by atomic mass is 16.5. The summed E-state index contributed by atoms with van der Waals surface area (Å²) in [6.07, 6.45) is 1.84. The number of hydrazine groups is 1. The van der Waals surface area contributed by atoms with Gasteiger partial charge in [0.05, 0.1) is 11.6 Å². The van der Waals surface area contributed by atoms with Gasteiger partial charge >= 0.3 is 0 Å². The maximum atomic E-state index is 5.70. The Morgan fingerprint density at radius 2 is 1.81 bits per heavy atom. The van der Waals surface area contributed by atoms with E-state index in [-0.39, 0.29) is 11.6 Å². The summed E-state index contributed by atoms with van der Waals surface area (Å²) in [6.45, 7) is 4.25. The Morgan fingerprint density at radius 3 is 2.19 bits per heavy atom. The molecule has 0 amide bonds. The van der Waals surface area contributed by atoms with Gasteiger partial charge in [0.2, 0.25) is 0 Å². The van der Waals surface area contributed by atoms with Gasteiger partial charge in [-0.15, -0.1) is 0 Å². The number of rotatable bonds is 6. The van der Waals surface area contributed by atoms with Gasteiger partial charge in [0.1, 0.15) is 0 Å². The maximum absolute atomic E-state index is 5.70. The van der Waals surface area contributed by atoms with E-state index in [1.807, 2.05) is 18.2 Å². The number of hydrogen-bond acceptors (Lipinski definition) is 3. The van der Waals surface area contributed by atoms with Crippen molar-refractivity contribution in [2.75, 3.05) is 7.11 Å². The van der Waals surface area contributed by atoms with Crippen LogP contribution in [0, 0.1) is 0 Å². The van der Waals surface area contributed by atoms with Crippen molar-refractivity contribution in [3.05, 3.63) is 35.9 Å². The molecule has 0 heterocycles. The molecule has 3 N–H and O–H groups in total. The number of benzene rings is 1. The second-order valence-electron chi connectivity index (χ2n) is 3.99. The largest absolute Gasteiger partial charge is 0.376 e. The van der Waals surface area contributed by atoms with Crippen molar-refractivity contribution in [2.24, 2.45) is 5.84 Å². The molecule has 0 bridgehead atoms. The standard InChI is InChI=1S/C13H22N2O/c1-4-13(5-2,16-3)12(15-14)11-9-7-6-8-10-11/h6-10,12,15H,4-5,14H2,1-3H3. The molecule has 1 aromatic rings. The third-order valence-electron chi connectivity index (χ3n) is 3.43. The SMILES string of the molecule is CCC(CC)(OC)C(NN)c1ccccc1. The number of ether oxygens (including phenoxy) is 1. The zero-order chi connectivity index (χ0) is 12.0. The van der Waals surface area contributed by atoms with Crippen LogP contribution in [0.5, 0.6) is 0 Å². The molecule has 3 heteroatoms. The molecule has 0 aliphatic heterocycles. The summed E-state index contributed by atoms with van der Waals surface area (Å²) in [5.41, 5.74) is 3.81. The normalized spacial score (nSPS) is 13.8. The second-order valence-corrected chi connectivity index (χ2v) is 3.99. The fourth-order valence-electron chi connectivity index (χ4n) is 2.26. The van der Waals surface area contributed by atoms with E-state index in [2.05, 4.69) is 31.4 Å². The molecule has 0 saturated carbocycles. The summed E-state index contributed by atoms with van der Waals surface area (Å²) < 4.78 is 5.70. The molecule has 90 valence electrons. The van der Waals surface area contributed by atoms with Gasteiger partial charge in [0, 0.05) is 7.11 Å². The lowest BCUT2D eigenvalue weighted by molar-refractivity contribution is -0.0486. The molecule has 0 aliphatic carbocycles. The predicted octanol–water partition coefficient (Wildman–Crippen LogP) is 2.40. The highest BCUT2D eigenvalue weighted by molar-refractivity contribution is 5.22. The van der Waals surface area contributed by atoms with Gasteiger partial charge in [0.25, 0.3) is 0 Å². The zero-order valence-corrected chi connectivity index (χ0v) is 10.4. The Hall–Kier alpha value is -0.900. The summed E-state index contributed by atoms with van der Waals surface area (Å²) in [5, 5.41) is 0. The van der Waals surface area contributed by atoms with Crippen molar-refractivity contribution < 1.29 is 4.74 Å². The van der Waals surface area contributed by atoms with E-state index in [1.54, 1.807) is 7.11 Å². The first-order chi connectivity index (χ1) is 7.74. The van der Waals surface area contributed by atoms with E-state index in [4.69, 9.17) is 10.6 Å². The molecule has 0 aliphatic rings. The van der Waals surface area contributed by atoms with Crippen LogP contribution in [0.25, 0.3) is 0 Å². The number of methoxy groups -OCH3 is 1. The molecule has 1 unspecified atom stereocenters. The average molecular weight is 222 g/mol. The summed E-state index contributed by atoms with van der Waals surface area (Å²) in [5.74, 6) is 5.69. The Labute approximate surface area is 98.0 Å². The second kappa shape index (κ2) is 5.99. The Morgan fingerprint density at radius 1 is 1.25 bits per heavy atom. The van der Waals surface area contributed by atoms with E-state index >= 15 is 0 Å². The average Bonchev–Trinajstić information content (AvgIpc) is 2.37. The van der Waals surface area contributed by atoms with Crippen molar-refractivity contribution in [1.82, 2.24) is 5.43 Å². The first-order valence-corrected chi connectivity index (χ1v) is 5.80. The van der Waals surface area contributed by atoms with Gasteiger partial charge < -0.3 is 4.74 Å². The molecular weight excluding hydrogens is 200 g/mol. The molecule has 3 nitrogen and oxygen atoms in total. The quantitative estimate of drug-likeness (QED) is 0.574. The molecule has 0 fully saturated rings. The fourth-order valence-corrected chi connectivity index (χ4v) is 2.26. The predicted molar refractivity (Wildman–Crippen MR) is 66.8 cm³/mol. The fraction of sp³-hybridized carbons (Fsp3) is 0.538. The smallest absolute Gasteiger partial charge is 0.0880 e. The van der Waals surface area contributed by atoms with Gasteiger partial charge in [-0.1, -0.05) is 44.2 Å². The summed E-state index contributed by atoms with van der Waals surface area (Å²) in [7, 11) is 1.75. The summed E-state index contributed by atoms with van der Waals surface area (Å²) in [6, 6.07) is 10.2. The first-order valence-electron chi connectivity index (χ1n) is 5.80. The van der Waals surface area contributed by atoms with Crippen molar-refractivity contribution in [3.63, 3.8) is 0 Å². The number of hydrogen-bond donors (Lipinski definition) is 2. The van der Waals surface area contributed by atoms with Gasteiger partial charge in [-0.3, -0.25) is 11.3 Å². The van der Waals surface area contributed by atoms with Crippen LogP contribution in [-0.4, -0.2) is 12.7 Å². The first kappa shape index (κ1) is 13.2. The number of nitrogens with two attached hydrogens (primary N) is 1. The van der Waals surface area contributed by atoms with E-state index in [0.717, 1.165) is 18.4 Å². The Kier molecular flexibility index (Phi) is 4.93. The topological polar surface area (TPSA) is 47.3 Å². The van der Waals surface area contributed by atoms with Crippen molar-refractivity contribution >= 4 is 0 Å². The van der Waals surface area contributed by atoms with Crippen LogP contribution in [0.15, 0.2) is 30.3 Å². The minimum absolute atomic E-state index is 0.0219. The van der Waals surface area contributed by atoms with Crippen LogP contribution in [-0.2, 0) is 4.74 Å². The minimum atomic E-state index is -0.240. The maximum Gasteiger partial charge on any atom is 0.0880 e. The lowest BCUT2D eigenvalue weighted by atomic mass is 9.84. The molecule has 1 rings (SSSR count). The van der Waals surface area contributed by atoms with Crippen LogP contribution in [0.3, 0.4) is 0 Å². The van der Waals surface area contributed by atoms with Gasteiger partial charge in [0.15, 0.2) is 0 Å². The van der Waals surface area contributed by atoms with Gasteiger partial charge in [-0.25, -0.2) is 0 Å². The molecule has 0 spiro atoms. The number of nitrogens with one attached hydrogen (secondary N) is 1. The summed E-state index contributed by atoms with van der Waals surface area (Å²) >= 11 is 0. The highest BCUT2D eigenvalue weighted by Gasteiger charge is 2.36. The Balaban J connectivity index is 3.05. The van der Waals surface area contributed by atoms with Crippen LogP contribution in [0.2, 0.25) is 0 Å². The van der Waals surface area contributed by atoms with Crippen molar-refractivity contribution in [2.45, 2.75) is 38.3 Å². The molecule has 1 atom stereocenters. The third-order valence-corrected chi connectivity index (χ3v) is 3.43. The van der Waals surface area contributed by atoms with E-state index in [1.165, 1.54) is 0 Å². The molecule has 16 heavy (non-hydrogen) atoms. The van der Waals surface area contributed by atoms with Gasteiger partial charge in [-0.05, 0) is 18.4 Å². The van der Waals surface area contributed by atoms with Gasteiger partial charge in [-0.2, -0.15) is 0 Å². The van der Waals surface area contributed by atoms with E-state index in [9.17, 15) is 0 Å². The van der Waals surface area contributed by atoms with Crippen LogP contribution >= 0.6 is 0 Å². The van der Waals surface area contributed by atoms with E-state index < -0.39 is 0 Å². The third kappa shape index (κ3) is 2.43. The van der Waals surface area contributed by atoms with Crippen molar-refractivity contribution in [1.29, 1.82) is 0 Å². The summed E-state index contributed by atoms with van der Waals surface area (Å²) in [4.78, 5) is 0. The lowest BCUT2D eigenvalue weighted by Crippen LogP contribution is -2.47. The van der Waals surface area contributed by atoms with Crippen LogP contribution in [0.4, 0.5) is 0 Å².